The van der Waals surface area contributed by atoms with E-state index in [2.05, 4.69) is 10.3 Å². The SMILES string of the molecule is CNC(c1cc(Cl)cnc1N)C1(OC)CCCCCC1. The maximum atomic E-state index is 6.09. The van der Waals surface area contributed by atoms with Gasteiger partial charge in [-0.05, 0) is 26.0 Å². The molecular formula is C15H24ClN3O. The monoisotopic (exact) mass is 297 g/mol. The van der Waals surface area contributed by atoms with Crippen LogP contribution >= 0.6 is 11.6 Å². The molecule has 20 heavy (non-hydrogen) atoms. The van der Waals surface area contributed by atoms with Gasteiger partial charge in [-0.3, -0.25) is 0 Å². The first kappa shape index (κ1) is 15.5. The lowest BCUT2D eigenvalue weighted by Crippen LogP contribution is -2.44. The van der Waals surface area contributed by atoms with Crippen LogP contribution in [0.15, 0.2) is 12.3 Å². The van der Waals surface area contributed by atoms with Crippen molar-refractivity contribution in [2.24, 2.45) is 0 Å². The second-order valence-electron chi connectivity index (χ2n) is 5.53. The van der Waals surface area contributed by atoms with Gasteiger partial charge in [0.05, 0.1) is 16.7 Å². The molecule has 1 atom stereocenters. The average Bonchev–Trinajstić information content (AvgIpc) is 2.70. The number of nitrogen functional groups attached to an aromatic ring is 1. The first-order valence-electron chi connectivity index (χ1n) is 7.26. The van der Waals surface area contributed by atoms with Gasteiger partial charge in [0.25, 0.3) is 0 Å². The molecule has 112 valence electrons. The fraction of sp³-hybridized carbons (Fsp3) is 0.667. The number of halogens is 1. The minimum absolute atomic E-state index is 0.0109. The number of aromatic nitrogens is 1. The standard InChI is InChI=1S/C15H24ClN3O/c1-18-13(12-9-11(16)10-19-14(12)17)15(20-2)7-5-3-4-6-8-15/h9-10,13,18H,3-8H2,1-2H3,(H2,17,19). The van der Waals surface area contributed by atoms with Crippen LogP contribution in [0.3, 0.4) is 0 Å². The Morgan fingerprint density at radius 2 is 2.00 bits per heavy atom. The Balaban J connectivity index is 2.40. The first-order chi connectivity index (χ1) is 9.63. The summed E-state index contributed by atoms with van der Waals surface area (Å²) in [6, 6.07) is 1.91. The maximum Gasteiger partial charge on any atom is 0.128 e. The van der Waals surface area contributed by atoms with Crippen LogP contribution in [-0.2, 0) is 4.74 Å². The Hall–Kier alpha value is -0.840. The molecule has 0 radical (unpaired) electrons. The van der Waals surface area contributed by atoms with Gasteiger partial charge in [-0.15, -0.1) is 0 Å². The molecular weight excluding hydrogens is 274 g/mol. The maximum absolute atomic E-state index is 6.09. The molecule has 2 rings (SSSR count). The Morgan fingerprint density at radius 1 is 1.35 bits per heavy atom. The van der Waals surface area contributed by atoms with E-state index in [9.17, 15) is 0 Å². The third kappa shape index (κ3) is 3.08. The van der Waals surface area contributed by atoms with Gasteiger partial charge in [0.15, 0.2) is 0 Å². The van der Waals surface area contributed by atoms with Gasteiger partial charge in [-0.25, -0.2) is 4.98 Å². The van der Waals surface area contributed by atoms with Crippen LogP contribution in [0.4, 0.5) is 5.82 Å². The van der Waals surface area contributed by atoms with Gasteiger partial charge >= 0.3 is 0 Å². The molecule has 0 bridgehead atoms. The van der Waals surface area contributed by atoms with Crippen LogP contribution in [0.25, 0.3) is 0 Å². The lowest BCUT2D eigenvalue weighted by Gasteiger charge is -2.39. The van der Waals surface area contributed by atoms with Gasteiger partial charge < -0.3 is 15.8 Å². The molecule has 0 amide bonds. The van der Waals surface area contributed by atoms with E-state index in [1.54, 1.807) is 13.3 Å². The number of likely N-dealkylation sites (N-methyl/N-ethyl adjacent to an activating group) is 1. The van der Waals surface area contributed by atoms with Crippen LogP contribution < -0.4 is 11.1 Å². The van der Waals surface area contributed by atoms with Crippen LogP contribution in [0.1, 0.15) is 50.1 Å². The quantitative estimate of drug-likeness (QED) is 0.837. The number of rotatable bonds is 4. The van der Waals surface area contributed by atoms with E-state index in [1.807, 2.05) is 13.1 Å². The molecule has 1 aromatic heterocycles. The number of pyridine rings is 1. The first-order valence-corrected chi connectivity index (χ1v) is 7.64. The summed E-state index contributed by atoms with van der Waals surface area (Å²) in [7, 11) is 3.74. The number of methoxy groups -OCH3 is 1. The van der Waals surface area contributed by atoms with Crippen molar-refractivity contribution in [3.05, 3.63) is 22.8 Å². The molecule has 1 heterocycles. The number of anilines is 1. The molecule has 1 aromatic rings. The topological polar surface area (TPSA) is 60.2 Å². The highest BCUT2D eigenvalue weighted by Gasteiger charge is 2.40. The summed E-state index contributed by atoms with van der Waals surface area (Å²) in [6.45, 7) is 0. The van der Waals surface area contributed by atoms with E-state index in [4.69, 9.17) is 22.1 Å². The number of hydrogen-bond acceptors (Lipinski definition) is 4. The van der Waals surface area contributed by atoms with Gasteiger partial charge in [0, 0.05) is 18.9 Å². The molecule has 5 heteroatoms. The normalized spacial score (nSPS) is 20.4. The minimum atomic E-state index is -0.230. The van der Waals surface area contributed by atoms with Crippen molar-refractivity contribution in [3.63, 3.8) is 0 Å². The number of hydrogen-bond donors (Lipinski definition) is 2. The summed E-state index contributed by atoms with van der Waals surface area (Å²) in [6.07, 6.45) is 8.54. The molecule has 0 aliphatic heterocycles. The zero-order valence-electron chi connectivity index (χ0n) is 12.3. The Bertz CT molecular complexity index is 445. The van der Waals surface area contributed by atoms with Crippen molar-refractivity contribution in [3.8, 4) is 0 Å². The molecule has 4 nitrogen and oxygen atoms in total. The Labute approximate surface area is 126 Å². The lowest BCUT2D eigenvalue weighted by atomic mass is 9.82. The van der Waals surface area contributed by atoms with Gasteiger partial charge in [-0.2, -0.15) is 0 Å². The molecule has 1 aliphatic carbocycles. The van der Waals surface area contributed by atoms with Crippen LogP contribution in [0.5, 0.6) is 0 Å². The molecule has 1 aliphatic rings. The Kier molecular flexibility index (Phi) is 5.24. The molecule has 1 saturated carbocycles. The molecule has 1 unspecified atom stereocenters. The van der Waals surface area contributed by atoms with Crippen molar-refractivity contribution >= 4 is 17.4 Å². The third-order valence-electron chi connectivity index (χ3n) is 4.40. The Morgan fingerprint density at radius 3 is 2.55 bits per heavy atom. The minimum Gasteiger partial charge on any atom is -0.383 e. The van der Waals surface area contributed by atoms with Crippen molar-refractivity contribution in [2.75, 3.05) is 19.9 Å². The fourth-order valence-corrected chi connectivity index (χ4v) is 3.50. The molecule has 0 aromatic carbocycles. The molecule has 0 saturated heterocycles. The van der Waals surface area contributed by atoms with Crippen LogP contribution in [-0.4, -0.2) is 24.7 Å². The highest BCUT2D eigenvalue weighted by atomic mass is 35.5. The smallest absolute Gasteiger partial charge is 0.128 e. The summed E-state index contributed by atoms with van der Waals surface area (Å²) >= 11 is 6.09. The molecule has 0 spiro atoms. The van der Waals surface area contributed by atoms with Crippen molar-refractivity contribution in [2.45, 2.75) is 50.2 Å². The summed E-state index contributed by atoms with van der Waals surface area (Å²) < 4.78 is 5.97. The average molecular weight is 298 g/mol. The van der Waals surface area contributed by atoms with E-state index in [-0.39, 0.29) is 11.6 Å². The van der Waals surface area contributed by atoms with Crippen LogP contribution in [0, 0.1) is 0 Å². The predicted molar refractivity (Wildman–Crippen MR) is 82.9 cm³/mol. The van der Waals surface area contributed by atoms with E-state index < -0.39 is 0 Å². The zero-order chi connectivity index (χ0) is 14.6. The molecule has 1 fully saturated rings. The summed E-state index contributed by atoms with van der Waals surface area (Å²) in [4.78, 5) is 4.18. The second kappa shape index (κ2) is 6.74. The van der Waals surface area contributed by atoms with Crippen molar-refractivity contribution in [1.82, 2.24) is 10.3 Å². The van der Waals surface area contributed by atoms with Gasteiger partial charge in [0.1, 0.15) is 5.82 Å². The lowest BCUT2D eigenvalue weighted by molar-refractivity contribution is -0.0521. The number of nitrogens with two attached hydrogens (primary N) is 1. The van der Waals surface area contributed by atoms with E-state index >= 15 is 0 Å². The van der Waals surface area contributed by atoms with Crippen molar-refractivity contribution in [1.29, 1.82) is 0 Å². The van der Waals surface area contributed by atoms with Crippen LogP contribution in [0.2, 0.25) is 5.02 Å². The highest BCUT2D eigenvalue weighted by molar-refractivity contribution is 6.30. The second-order valence-corrected chi connectivity index (χ2v) is 5.97. The summed E-state index contributed by atoms with van der Waals surface area (Å²) in [5.74, 6) is 0.523. The predicted octanol–water partition coefficient (Wildman–Crippen LogP) is 3.32. The number of nitrogens with one attached hydrogen (secondary N) is 1. The molecule has 3 N–H and O–H groups in total. The van der Waals surface area contributed by atoms with Gasteiger partial charge in [0.2, 0.25) is 0 Å². The number of nitrogens with zero attached hydrogens (tertiary/aromatic N) is 1. The summed E-state index contributed by atoms with van der Waals surface area (Å²) in [5.41, 5.74) is 6.76. The summed E-state index contributed by atoms with van der Waals surface area (Å²) in [5, 5.41) is 3.98. The fourth-order valence-electron chi connectivity index (χ4n) is 3.34. The van der Waals surface area contributed by atoms with E-state index in [0.717, 1.165) is 18.4 Å². The highest BCUT2D eigenvalue weighted by Crippen LogP contribution is 2.41. The third-order valence-corrected chi connectivity index (χ3v) is 4.61. The van der Waals surface area contributed by atoms with E-state index in [0.29, 0.717) is 10.8 Å². The van der Waals surface area contributed by atoms with Gasteiger partial charge in [-0.1, -0.05) is 37.3 Å². The zero-order valence-corrected chi connectivity index (χ0v) is 13.0. The largest absolute Gasteiger partial charge is 0.383 e. The number of ether oxygens (including phenoxy) is 1. The van der Waals surface area contributed by atoms with Crippen molar-refractivity contribution < 1.29 is 4.74 Å². The van der Waals surface area contributed by atoms with E-state index in [1.165, 1.54) is 25.7 Å².